The van der Waals surface area contributed by atoms with Crippen molar-refractivity contribution in [2.24, 2.45) is 0 Å². The molecule has 0 bridgehead atoms. The number of esters is 1. The van der Waals surface area contributed by atoms with Crippen molar-refractivity contribution in [3.63, 3.8) is 0 Å². The smallest absolute Gasteiger partial charge is 0.410 e. The minimum atomic E-state index is -1.53. The number of methoxy groups -OCH3 is 1. The Balaban J connectivity index is 2.96. The van der Waals surface area contributed by atoms with Gasteiger partial charge in [0, 0.05) is 0 Å². The maximum atomic E-state index is 12.0. The Bertz CT molecular complexity index is 598. The van der Waals surface area contributed by atoms with Crippen LogP contribution in [0.25, 0.3) is 0 Å². The molecule has 0 spiro atoms. The molecule has 134 valence electrons. The van der Waals surface area contributed by atoms with E-state index >= 15 is 0 Å². The standard InChI is InChI=1S/C16H22BrNO6/c1-15(2,3)24-14(21)18-16(4,13(17)20)23-11-8-6-7-10(9-11)12(19)22-5/h6-9,13,20H,1-5H3,(H,18,21). The van der Waals surface area contributed by atoms with Crippen molar-refractivity contribution in [2.75, 3.05) is 7.11 Å². The molecule has 0 saturated heterocycles. The Kier molecular flexibility index (Phi) is 6.62. The Morgan fingerprint density at radius 2 is 1.88 bits per heavy atom. The van der Waals surface area contributed by atoms with Crippen LogP contribution in [0.5, 0.6) is 5.75 Å². The van der Waals surface area contributed by atoms with Crippen molar-refractivity contribution < 1.29 is 28.9 Å². The van der Waals surface area contributed by atoms with E-state index in [4.69, 9.17) is 9.47 Å². The number of aliphatic hydroxyl groups excluding tert-OH is 1. The van der Waals surface area contributed by atoms with E-state index in [2.05, 4.69) is 26.0 Å². The first kappa shape index (κ1) is 20.2. The third-order valence-electron chi connectivity index (χ3n) is 2.79. The maximum absolute atomic E-state index is 12.0. The van der Waals surface area contributed by atoms with Gasteiger partial charge in [-0.05, 0) is 45.9 Å². The van der Waals surface area contributed by atoms with Crippen LogP contribution in [0.1, 0.15) is 38.1 Å². The molecule has 1 rings (SSSR count). The first-order chi connectivity index (χ1) is 11.0. The highest BCUT2D eigenvalue weighted by atomic mass is 79.9. The number of aliphatic hydroxyl groups is 1. The fraction of sp³-hybridized carbons (Fsp3) is 0.500. The largest absolute Gasteiger partial charge is 0.465 e. The number of rotatable bonds is 5. The van der Waals surface area contributed by atoms with E-state index in [1.807, 2.05) is 0 Å². The molecule has 0 saturated carbocycles. The lowest BCUT2D eigenvalue weighted by molar-refractivity contribution is -0.0295. The molecule has 0 radical (unpaired) electrons. The van der Waals surface area contributed by atoms with Crippen molar-refractivity contribution in [3.8, 4) is 5.75 Å². The minimum Gasteiger partial charge on any atom is -0.465 e. The fourth-order valence-corrected chi connectivity index (χ4v) is 1.90. The van der Waals surface area contributed by atoms with Crippen molar-refractivity contribution >= 4 is 28.0 Å². The number of alkyl halides is 1. The molecule has 1 aromatic carbocycles. The normalized spacial score (nSPS) is 15.0. The third-order valence-corrected chi connectivity index (χ3v) is 3.66. The quantitative estimate of drug-likeness (QED) is 0.445. The lowest BCUT2D eigenvalue weighted by Gasteiger charge is -2.33. The van der Waals surface area contributed by atoms with Gasteiger partial charge >= 0.3 is 12.1 Å². The van der Waals surface area contributed by atoms with Gasteiger partial charge in [0.1, 0.15) is 11.4 Å². The number of carbonyl (C=O) groups is 2. The summed E-state index contributed by atoms with van der Waals surface area (Å²) in [4.78, 5) is 23.5. The average Bonchev–Trinajstić information content (AvgIpc) is 2.44. The fourth-order valence-electron chi connectivity index (χ4n) is 1.69. The van der Waals surface area contributed by atoms with Gasteiger partial charge < -0.3 is 19.3 Å². The Morgan fingerprint density at radius 1 is 1.25 bits per heavy atom. The van der Waals surface area contributed by atoms with E-state index in [1.54, 1.807) is 39.0 Å². The van der Waals surface area contributed by atoms with E-state index in [1.165, 1.54) is 20.1 Å². The summed E-state index contributed by atoms with van der Waals surface area (Å²) in [5, 5.41) is 11.2. The molecule has 0 fully saturated rings. The molecule has 1 amide bonds. The van der Waals surface area contributed by atoms with E-state index in [0.717, 1.165) is 0 Å². The molecule has 0 aliphatic rings. The molecule has 2 atom stereocenters. The van der Waals surface area contributed by atoms with Crippen molar-refractivity contribution in [3.05, 3.63) is 29.8 Å². The third kappa shape index (κ3) is 6.01. The van der Waals surface area contributed by atoms with Gasteiger partial charge in [0.05, 0.1) is 12.7 Å². The number of carbonyl (C=O) groups excluding carboxylic acids is 2. The summed E-state index contributed by atoms with van der Waals surface area (Å²) >= 11 is 2.99. The Labute approximate surface area is 149 Å². The second-order valence-electron chi connectivity index (χ2n) is 6.19. The topological polar surface area (TPSA) is 94.1 Å². The van der Waals surface area contributed by atoms with Gasteiger partial charge in [-0.1, -0.05) is 22.0 Å². The molecule has 0 aromatic heterocycles. The molecule has 2 unspecified atom stereocenters. The minimum absolute atomic E-state index is 0.259. The van der Waals surface area contributed by atoms with E-state index < -0.39 is 28.4 Å². The number of ether oxygens (including phenoxy) is 3. The first-order valence-corrected chi connectivity index (χ1v) is 8.09. The highest BCUT2D eigenvalue weighted by Gasteiger charge is 2.37. The van der Waals surface area contributed by atoms with Crippen molar-refractivity contribution in [1.29, 1.82) is 0 Å². The Morgan fingerprint density at radius 3 is 2.38 bits per heavy atom. The molecule has 2 N–H and O–H groups in total. The summed E-state index contributed by atoms with van der Waals surface area (Å²) in [7, 11) is 1.27. The summed E-state index contributed by atoms with van der Waals surface area (Å²) in [6.45, 7) is 6.61. The van der Waals surface area contributed by atoms with Crippen LogP contribution in [0.15, 0.2) is 24.3 Å². The first-order valence-electron chi connectivity index (χ1n) is 7.17. The zero-order chi connectivity index (χ0) is 18.5. The molecular weight excluding hydrogens is 382 g/mol. The summed E-state index contributed by atoms with van der Waals surface area (Å²) in [5.41, 5.74) is -1.96. The van der Waals surface area contributed by atoms with Crippen LogP contribution in [-0.2, 0) is 9.47 Å². The second-order valence-corrected chi connectivity index (χ2v) is 7.06. The van der Waals surface area contributed by atoms with Gasteiger partial charge in [0.25, 0.3) is 0 Å². The molecular formula is C16H22BrNO6. The number of alkyl carbamates (subject to hydrolysis) is 1. The van der Waals surface area contributed by atoms with Crippen LogP contribution in [0.3, 0.4) is 0 Å². The highest BCUT2D eigenvalue weighted by molar-refractivity contribution is 9.09. The summed E-state index contributed by atoms with van der Waals surface area (Å²) in [6, 6.07) is 6.17. The van der Waals surface area contributed by atoms with E-state index in [9.17, 15) is 14.7 Å². The predicted octanol–water partition coefficient (Wildman–Crippen LogP) is 2.81. The SMILES string of the molecule is COC(=O)c1cccc(OC(C)(NC(=O)OC(C)(C)C)C(O)Br)c1. The zero-order valence-corrected chi connectivity index (χ0v) is 15.8. The van der Waals surface area contributed by atoms with Crippen LogP contribution < -0.4 is 10.1 Å². The van der Waals surface area contributed by atoms with E-state index in [-0.39, 0.29) is 11.3 Å². The van der Waals surface area contributed by atoms with Crippen LogP contribution in [0.2, 0.25) is 0 Å². The highest BCUT2D eigenvalue weighted by Crippen LogP contribution is 2.24. The monoisotopic (exact) mass is 403 g/mol. The summed E-state index contributed by atoms with van der Waals surface area (Å²) in [6.07, 6.45) is -0.757. The average molecular weight is 404 g/mol. The number of halogens is 1. The van der Waals surface area contributed by atoms with E-state index in [0.29, 0.717) is 0 Å². The maximum Gasteiger partial charge on any atom is 0.410 e. The molecule has 0 heterocycles. The molecule has 0 aliphatic heterocycles. The van der Waals surface area contributed by atoms with Crippen molar-refractivity contribution in [1.82, 2.24) is 5.32 Å². The zero-order valence-electron chi connectivity index (χ0n) is 14.3. The molecule has 7 nitrogen and oxygen atoms in total. The molecule has 1 aromatic rings. The van der Waals surface area contributed by atoms with Crippen LogP contribution in [-0.4, -0.2) is 40.6 Å². The molecule has 0 aliphatic carbocycles. The van der Waals surface area contributed by atoms with Crippen molar-refractivity contribution in [2.45, 2.75) is 44.0 Å². The summed E-state index contributed by atoms with van der Waals surface area (Å²) in [5.74, 6) is -0.267. The predicted molar refractivity (Wildman–Crippen MR) is 91.1 cm³/mol. The molecule has 24 heavy (non-hydrogen) atoms. The second kappa shape index (κ2) is 7.85. The number of nitrogens with one attached hydrogen (secondary N) is 1. The molecule has 8 heteroatoms. The summed E-state index contributed by atoms with van der Waals surface area (Å²) < 4.78 is 15.5. The van der Waals surface area contributed by atoms with Gasteiger partial charge in [-0.25, -0.2) is 9.59 Å². The van der Waals surface area contributed by atoms with Gasteiger partial charge in [-0.3, -0.25) is 5.32 Å². The number of hydrogen-bond donors (Lipinski definition) is 2. The Hall–Kier alpha value is -1.80. The van der Waals surface area contributed by atoms with Gasteiger partial charge in [-0.2, -0.15) is 0 Å². The van der Waals surface area contributed by atoms with Crippen LogP contribution >= 0.6 is 15.9 Å². The van der Waals surface area contributed by atoms with Crippen LogP contribution in [0.4, 0.5) is 4.79 Å². The van der Waals surface area contributed by atoms with Gasteiger partial charge in [0.2, 0.25) is 5.72 Å². The van der Waals surface area contributed by atoms with Gasteiger partial charge in [-0.15, -0.1) is 0 Å². The lowest BCUT2D eigenvalue weighted by atomic mass is 10.2. The lowest BCUT2D eigenvalue weighted by Crippen LogP contribution is -2.57. The van der Waals surface area contributed by atoms with Crippen LogP contribution in [0, 0.1) is 0 Å². The number of amides is 1. The number of hydrogen-bond acceptors (Lipinski definition) is 6. The number of benzene rings is 1. The van der Waals surface area contributed by atoms with Gasteiger partial charge in [0.15, 0.2) is 5.01 Å².